The minimum absolute atomic E-state index is 0.0571. The lowest BCUT2D eigenvalue weighted by atomic mass is 9.81. The Morgan fingerprint density at radius 3 is 2.58 bits per heavy atom. The standard InChI is InChI=1S/C23H27ClN2O6S/c1-2-25-23(31)26-18(13-7-4-3-5-8-13)14-9-6-10-15(11-14)20-17(24)19(32-12-16(27)28)21(33-20)22(29)30/h6,9-11,13,18H,2-5,7-8,12H2,1H3,(H,27,28)(H,29,30)(H2,25,26,31). The number of aliphatic carboxylic acids is 1. The van der Waals surface area contributed by atoms with Crippen LogP contribution in [0.2, 0.25) is 5.02 Å². The third-order valence-corrected chi connectivity index (χ3v) is 7.28. The van der Waals surface area contributed by atoms with Crippen molar-refractivity contribution in [2.75, 3.05) is 13.2 Å². The molecule has 1 fully saturated rings. The summed E-state index contributed by atoms with van der Waals surface area (Å²) in [5.74, 6) is -2.34. The van der Waals surface area contributed by atoms with Crippen LogP contribution >= 0.6 is 22.9 Å². The molecule has 8 nitrogen and oxygen atoms in total. The molecule has 1 atom stereocenters. The average Bonchev–Trinajstić information content (AvgIpc) is 3.13. The summed E-state index contributed by atoms with van der Waals surface area (Å²) in [6.07, 6.45) is 5.43. The number of nitrogens with one attached hydrogen (secondary N) is 2. The maximum atomic E-state index is 12.4. The molecule has 0 bridgehead atoms. The Morgan fingerprint density at radius 2 is 1.94 bits per heavy atom. The van der Waals surface area contributed by atoms with E-state index in [9.17, 15) is 19.5 Å². The van der Waals surface area contributed by atoms with E-state index in [-0.39, 0.29) is 27.7 Å². The second-order valence-corrected chi connectivity index (χ2v) is 9.29. The number of aromatic carboxylic acids is 1. The summed E-state index contributed by atoms with van der Waals surface area (Å²) < 4.78 is 5.18. The molecule has 0 saturated heterocycles. The number of carboxylic acids is 2. The lowest BCUT2D eigenvalue weighted by Crippen LogP contribution is -2.41. The first-order valence-electron chi connectivity index (χ1n) is 10.9. The summed E-state index contributed by atoms with van der Waals surface area (Å²) in [6, 6.07) is 7.06. The van der Waals surface area contributed by atoms with Gasteiger partial charge < -0.3 is 25.6 Å². The molecule has 10 heteroatoms. The van der Waals surface area contributed by atoms with Gasteiger partial charge in [0.1, 0.15) is 5.02 Å². The van der Waals surface area contributed by atoms with E-state index >= 15 is 0 Å². The predicted molar refractivity (Wildman–Crippen MR) is 126 cm³/mol. The molecule has 33 heavy (non-hydrogen) atoms. The Kier molecular flexibility index (Phi) is 8.57. The summed E-state index contributed by atoms with van der Waals surface area (Å²) in [5, 5.41) is 24.4. The number of rotatable bonds is 9. The van der Waals surface area contributed by atoms with E-state index in [0.29, 0.717) is 22.9 Å². The highest BCUT2D eigenvalue weighted by atomic mass is 35.5. The SMILES string of the molecule is CCNC(=O)NC(c1cccc(-c2sc(C(=O)O)c(OCC(=O)O)c2Cl)c1)C1CCCCC1. The maximum absolute atomic E-state index is 12.4. The van der Waals surface area contributed by atoms with Gasteiger partial charge in [-0.25, -0.2) is 14.4 Å². The van der Waals surface area contributed by atoms with E-state index < -0.39 is 18.5 Å². The van der Waals surface area contributed by atoms with Gasteiger partial charge in [0.05, 0.1) is 10.9 Å². The summed E-state index contributed by atoms with van der Waals surface area (Å²) >= 11 is 7.38. The monoisotopic (exact) mass is 494 g/mol. The first-order chi connectivity index (χ1) is 15.8. The van der Waals surface area contributed by atoms with Crippen LogP contribution in [0.25, 0.3) is 10.4 Å². The lowest BCUT2D eigenvalue weighted by Gasteiger charge is -2.31. The van der Waals surface area contributed by atoms with Crippen LogP contribution in [0.1, 0.15) is 60.3 Å². The number of thiophene rings is 1. The van der Waals surface area contributed by atoms with Crippen molar-refractivity contribution in [3.05, 3.63) is 39.7 Å². The number of hydrogen-bond acceptors (Lipinski definition) is 5. The number of carbonyl (C=O) groups excluding carboxylic acids is 1. The second-order valence-electron chi connectivity index (χ2n) is 7.90. The van der Waals surface area contributed by atoms with Gasteiger partial charge in [-0.05, 0) is 42.9 Å². The molecule has 0 spiro atoms. The van der Waals surface area contributed by atoms with Crippen molar-refractivity contribution in [3.63, 3.8) is 0 Å². The number of benzene rings is 1. The van der Waals surface area contributed by atoms with Crippen LogP contribution in [0.15, 0.2) is 24.3 Å². The number of halogens is 1. The fourth-order valence-electron chi connectivity index (χ4n) is 4.15. The molecule has 1 saturated carbocycles. The van der Waals surface area contributed by atoms with Gasteiger partial charge in [0.2, 0.25) is 0 Å². The highest BCUT2D eigenvalue weighted by Gasteiger charge is 2.28. The molecule has 2 aromatic rings. The highest BCUT2D eigenvalue weighted by Crippen LogP contribution is 2.46. The molecule has 2 amide bonds. The van der Waals surface area contributed by atoms with Crippen molar-refractivity contribution in [3.8, 4) is 16.2 Å². The van der Waals surface area contributed by atoms with E-state index in [1.54, 1.807) is 6.07 Å². The second kappa shape index (κ2) is 11.4. The van der Waals surface area contributed by atoms with Gasteiger partial charge in [0.15, 0.2) is 17.2 Å². The molecule has 1 unspecified atom stereocenters. The van der Waals surface area contributed by atoms with Crippen molar-refractivity contribution in [1.29, 1.82) is 0 Å². The van der Waals surface area contributed by atoms with Crippen LogP contribution in [-0.4, -0.2) is 41.3 Å². The first-order valence-corrected chi connectivity index (χ1v) is 12.1. The van der Waals surface area contributed by atoms with E-state index in [1.165, 1.54) is 6.42 Å². The molecular formula is C23H27ClN2O6S. The van der Waals surface area contributed by atoms with Gasteiger partial charge >= 0.3 is 18.0 Å². The van der Waals surface area contributed by atoms with Crippen molar-refractivity contribution >= 4 is 40.9 Å². The van der Waals surface area contributed by atoms with Crippen LogP contribution in [0.3, 0.4) is 0 Å². The third-order valence-electron chi connectivity index (χ3n) is 5.60. The van der Waals surface area contributed by atoms with E-state index in [4.69, 9.17) is 21.4 Å². The smallest absolute Gasteiger partial charge is 0.349 e. The third kappa shape index (κ3) is 6.17. The molecule has 1 heterocycles. The quantitative estimate of drug-likeness (QED) is 0.381. The zero-order chi connectivity index (χ0) is 24.0. The number of hydrogen-bond donors (Lipinski definition) is 4. The van der Waals surface area contributed by atoms with Crippen molar-refractivity contribution < 1.29 is 29.3 Å². The van der Waals surface area contributed by atoms with Gasteiger partial charge in [0, 0.05) is 6.54 Å². The van der Waals surface area contributed by atoms with Gasteiger partial charge in [-0.1, -0.05) is 49.1 Å². The van der Waals surface area contributed by atoms with Crippen molar-refractivity contribution in [2.24, 2.45) is 5.92 Å². The number of amides is 2. The topological polar surface area (TPSA) is 125 Å². The Labute approximate surface area is 200 Å². The normalized spacial score (nSPS) is 15.0. The predicted octanol–water partition coefficient (Wildman–Crippen LogP) is 5.17. The van der Waals surface area contributed by atoms with Crippen LogP contribution in [0.4, 0.5) is 4.79 Å². The van der Waals surface area contributed by atoms with Crippen molar-refractivity contribution in [1.82, 2.24) is 10.6 Å². The summed E-state index contributed by atoms with van der Waals surface area (Å²) in [4.78, 5) is 35.3. The summed E-state index contributed by atoms with van der Waals surface area (Å²) in [5.41, 5.74) is 1.58. The molecular weight excluding hydrogens is 468 g/mol. The summed E-state index contributed by atoms with van der Waals surface area (Å²) in [6.45, 7) is 1.68. The zero-order valence-electron chi connectivity index (χ0n) is 18.2. The van der Waals surface area contributed by atoms with Crippen molar-refractivity contribution in [2.45, 2.75) is 45.1 Å². The number of ether oxygens (including phenoxy) is 1. The largest absolute Gasteiger partial charge is 0.479 e. The van der Waals surface area contributed by atoms with Gasteiger partial charge in [-0.3, -0.25) is 0 Å². The number of carboxylic acid groups (broad SMARTS) is 2. The Bertz CT molecular complexity index is 1020. The molecule has 1 aromatic carbocycles. The molecule has 3 rings (SSSR count). The summed E-state index contributed by atoms with van der Waals surface area (Å²) in [7, 11) is 0. The highest BCUT2D eigenvalue weighted by molar-refractivity contribution is 7.18. The van der Waals surface area contributed by atoms with Gasteiger partial charge in [0.25, 0.3) is 0 Å². The maximum Gasteiger partial charge on any atom is 0.349 e. The Balaban J connectivity index is 1.98. The van der Waals surface area contributed by atoms with E-state index in [2.05, 4.69) is 10.6 Å². The van der Waals surface area contributed by atoms with Crippen LogP contribution in [0, 0.1) is 5.92 Å². The van der Waals surface area contributed by atoms with Crippen LogP contribution < -0.4 is 15.4 Å². The van der Waals surface area contributed by atoms with Gasteiger partial charge in [-0.15, -0.1) is 11.3 Å². The number of urea groups is 1. The zero-order valence-corrected chi connectivity index (χ0v) is 19.8. The minimum atomic E-state index is -1.25. The van der Waals surface area contributed by atoms with Crippen LogP contribution in [0.5, 0.6) is 5.75 Å². The molecule has 178 valence electrons. The first kappa shape index (κ1) is 24.9. The lowest BCUT2D eigenvalue weighted by molar-refractivity contribution is -0.139. The molecule has 1 aliphatic carbocycles. The molecule has 4 N–H and O–H groups in total. The van der Waals surface area contributed by atoms with E-state index in [1.807, 2.05) is 25.1 Å². The molecule has 1 aliphatic rings. The fourth-order valence-corrected chi connectivity index (χ4v) is 5.55. The average molecular weight is 495 g/mol. The van der Waals surface area contributed by atoms with E-state index in [0.717, 1.165) is 42.6 Å². The molecule has 1 aromatic heterocycles. The fraction of sp³-hybridized carbons (Fsp3) is 0.435. The minimum Gasteiger partial charge on any atom is -0.479 e. The Hall–Kier alpha value is -2.78. The molecule has 0 aliphatic heterocycles. The van der Waals surface area contributed by atoms with Gasteiger partial charge in [-0.2, -0.15) is 0 Å². The van der Waals surface area contributed by atoms with Crippen LogP contribution in [-0.2, 0) is 4.79 Å². The number of carbonyl (C=O) groups is 3. The Morgan fingerprint density at radius 1 is 1.21 bits per heavy atom. The molecule has 0 radical (unpaired) electrons.